The molecule has 2 atom stereocenters. The summed E-state index contributed by atoms with van der Waals surface area (Å²) < 4.78 is 235. The van der Waals surface area contributed by atoms with Crippen molar-refractivity contribution in [3.63, 3.8) is 0 Å². The lowest BCUT2D eigenvalue weighted by Crippen LogP contribution is -2.55. The molecule has 2 aliphatic rings. The molecule has 0 bridgehead atoms. The van der Waals surface area contributed by atoms with Crippen molar-refractivity contribution in [3.8, 4) is 46.0 Å². The maximum atomic E-state index is 16.5. The topological polar surface area (TPSA) is 269 Å². The van der Waals surface area contributed by atoms with Gasteiger partial charge >= 0.3 is 60.5 Å². The van der Waals surface area contributed by atoms with E-state index in [1.54, 1.807) is 0 Å². The Hall–Kier alpha value is -14.9. The minimum atomic E-state index is -6.37. The van der Waals surface area contributed by atoms with E-state index in [9.17, 15) is 81.5 Å². The first-order valence-corrected chi connectivity index (χ1v) is 39.7. The molecule has 2 heterocycles. The summed E-state index contributed by atoms with van der Waals surface area (Å²) in [6, 6.07) is 34.9. The quantitative estimate of drug-likeness (QED) is 0.00689. The second-order valence-corrected chi connectivity index (χ2v) is 30.5. The number of alkyl halides is 12. The number of hydrogen-bond donors (Lipinski definition) is 0. The SMILES string of the molecule is C=C(C)C(=O)OCCc1ccc(Oc2cc3c4c(cc(Oc5ccc(CCOC(=O)C(=C)C)cc5)c5c6c(Oc7ccc(CCOC(=O)C(=C)C)cc7)cc7c8c(cc(Oc9ccc(CCOC(=O)C(=C)C)cc9)c(c2c45)c86)C(=O)N(C(Cc2ccccc2)C(=O)OC(C(F)(F)F)C(F)(F)F)C7=O)C(=O)N(C(Cc2ccccc2)C(=O)OC(C(F)(F)F)C(F)(F)F)C3=O)cc1. The van der Waals surface area contributed by atoms with Crippen LogP contribution in [0.5, 0.6) is 46.0 Å². The van der Waals surface area contributed by atoms with E-state index in [0.29, 0.717) is 22.3 Å². The van der Waals surface area contributed by atoms with Gasteiger partial charge in [0.05, 0.1) is 48.7 Å². The van der Waals surface area contributed by atoms with Crippen LogP contribution in [-0.2, 0) is 95.7 Å². The number of fused-ring (bicyclic) bond motifs is 2. The summed E-state index contributed by atoms with van der Waals surface area (Å²) in [5.74, 6) is -17.0. The molecule has 0 fully saturated rings. The van der Waals surface area contributed by atoms with Crippen LogP contribution in [-0.4, -0.2) is 145 Å². The number of amides is 4. The molecule has 2 aliphatic heterocycles. The Balaban J connectivity index is 1.17. The minimum absolute atomic E-state index is 0.0584. The predicted molar refractivity (Wildman–Crippen MR) is 444 cm³/mol. The van der Waals surface area contributed by atoms with Gasteiger partial charge in [0, 0.05) is 104 Å². The zero-order valence-electron chi connectivity index (χ0n) is 69.1. The Morgan fingerprint density at radius 1 is 0.300 bits per heavy atom. The molecule has 0 saturated heterocycles. The summed E-state index contributed by atoms with van der Waals surface area (Å²) >= 11 is 0. The van der Waals surface area contributed by atoms with Gasteiger partial charge in [0.2, 0.25) is 0 Å². The van der Waals surface area contributed by atoms with E-state index < -0.39 is 177 Å². The van der Waals surface area contributed by atoms with Crippen LogP contribution in [0, 0.1) is 0 Å². The lowest BCUT2D eigenvalue weighted by Gasteiger charge is -2.36. The largest absolute Gasteiger partial charge is 0.462 e. The van der Waals surface area contributed by atoms with Gasteiger partial charge in [-0.1, -0.05) is 136 Å². The smallest absolute Gasteiger partial charge is 0.434 e. The van der Waals surface area contributed by atoms with Crippen molar-refractivity contribution in [3.05, 3.63) is 286 Å². The van der Waals surface area contributed by atoms with Crippen molar-refractivity contribution in [2.45, 2.75) is 115 Å². The van der Waals surface area contributed by atoms with Gasteiger partial charge in [0.15, 0.2) is 0 Å². The fourth-order valence-corrected chi connectivity index (χ4v) is 14.6. The van der Waals surface area contributed by atoms with Crippen molar-refractivity contribution < 1.29 is 148 Å². The molecule has 0 spiro atoms. The monoisotopic (exact) mass is 1800 g/mol. The van der Waals surface area contributed by atoms with Crippen LogP contribution in [0.15, 0.2) is 231 Å². The molecule has 0 radical (unpaired) electrons. The summed E-state index contributed by atoms with van der Waals surface area (Å²) in [6.07, 6.45) is -37.0. The average Bonchev–Trinajstić information content (AvgIpc) is 0.668. The summed E-state index contributed by atoms with van der Waals surface area (Å²) in [7, 11) is 0. The van der Waals surface area contributed by atoms with Crippen molar-refractivity contribution >= 4 is 103 Å². The van der Waals surface area contributed by atoms with Crippen LogP contribution in [0.4, 0.5) is 52.7 Å². The summed E-state index contributed by atoms with van der Waals surface area (Å²) in [4.78, 5) is 146. The molecule has 13 rings (SSSR count). The molecular formula is C96H74F12N2O20. The molecule has 0 N–H and O–H groups in total. The van der Waals surface area contributed by atoms with Crippen molar-refractivity contribution in [2.75, 3.05) is 26.4 Å². The molecule has 11 aromatic rings. The maximum absolute atomic E-state index is 16.5. The zero-order valence-corrected chi connectivity index (χ0v) is 69.1. The average molecular weight is 1800 g/mol. The number of imide groups is 2. The maximum Gasteiger partial charge on any atom is 0.434 e. The van der Waals surface area contributed by atoms with Gasteiger partial charge in [-0.25, -0.2) is 28.8 Å². The first-order chi connectivity index (χ1) is 61.4. The zero-order chi connectivity index (χ0) is 93.9. The van der Waals surface area contributed by atoms with Crippen molar-refractivity contribution in [2.24, 2.45) is 0 Å². The first-order valence-electron chi connectivity index (χ1n) is 39.7. The minimum Gasteiger partial charge on any atom is -0.462 e. The number of hydrogen-bond acceptors (Lipinski definition) is 20. The number of esters is 6. The van der Waals surface area contributed by atoms with Gasteiger partial charge in [-0.3, -0.25) is 29.0 Å². The highest BCUT2D eigenvalue weighted by Gasteiger charge is 2.62. The normalized spacial score (nSPS) is 13.3. The van der Waals surface area contributed by atoms with E-state index in [4.69, 9.17) is 37.9 Å². The molecular weight excluding hydrogens is 1730 g/mol. The second-order valence-electron chi connectivity index (χ2n) is 30.5. The summed E-state index contributed by atoms with van der Waals surface area (Å²) in [6.45, 7) is 19.3. The number of benzene rings is 11. The number of carbonyl (C=O) groups excluding carboxylic acids is 10. The Morgan fingerprint density at radius 3 is 0.715 bits per heavy atom. The third-order valence-electron chi connectivity index (χ3n) is 20.8. The molecule has 0 saturated carbocycles. The van der Waals surface area contributed by atoms with E-state index in [2.05, 4.69) is 35.8 Å². The standard InChI is InChI=1S/C96H74F12N2O20/c1-49(2)85(115)121-39-35-53-19-27-59(28-20-53)125-69-45-63-73-64(82(112)109(81(63)111)67(43-57-15-11-9-12-16-57)89(119)129-91(93(97,98)99)94(100,101)102)47-71(127-61-31-23-55(24-32-61)37-41-123-87(117)51(5)6)77-78-72(128-62-33-25-56(26-34-62)38-42-124-88(118)52(7)8)48-66-74-65(46-70(76(80(74)78)75(69)79(73)77)126-60-29-21-54(22-30-60)36-40-122-86(116)50(3)4)83(113)110(84(66)114)68(44-58-17-13-10-14-18-58)90(120)130-92(95(103,104)105)96(106,107)108/h9-34,45-48,67-68,91-92H,1,3,5,7,35-44H2,2,4,6,8H3. The molecule has 11 aromatic carbocycles. The molecule has 22 nitrogen and oxygen atoms in total. The van der Waals surface area contributed by atoms with Gasteiger partial charge in [-0.2, -0.15) is 52.7 Å². The number of rotatable bonds is 34. The van der Waals surface area contributed by atoms with Crippen LogP contribution in [0.25, 0.3) is 43.1 Å². The van der Waals surface area contributed by atoms with E-state index in [1.165, 1.54) is 185 Å². The van der Waals surface area contributed by atoms with Crippen LogP contribution in [0.3, 0.4) is 0 Å². The lowest BCUT2D eigenvalue weighted by atomic mass is 9.80. The van der Waals surface area contributed by atoms with Crippen LogP contribution in [0.2, 0.25) is 0 Å². The fourth-order valence-electron chi connectivity index (χ4n) is 14.6. The van der Waals surface area contributed by atoms with E-state index in [1.807, 2.05) is 0 Å². The molecule has 672 valence electrons. The number of carbonyl (C=O) groups is 10. The molecule has 0 aromatic heterocycles. The highest BCUT2D eigenvalue weighted by Crippen LogP contribution is 2.59. The van der Waals surface area contributed by atoms with Gasteiger partial charge in [-0.15, -0.1) is 0 Å². The highest BCUT2D eigenvalue weighted by molar-refractivity contribution is 6.45. The Morgan fingerprint density at radius 2 is 0.515 bits per heavy atom. The molecule has 130 heavy (non-hydrogen) atoms. The highest BCUT2D eigenvalue weighted by atomic mass is 19.4. The fraction of sp³-hybridized carbons (Fsp3) is 0.229. The van der Waals surface area contributed by atoms with Gasteiger partial charge < -0.3 is 47.4 Å². The Kier molecular flexibility index (Phi) is 26.8. The third kappa shape index (κ3) is 20.2. The lowest BCUT2D eigenvalue weighted by molar-refractivity contribution is -0.314. The van der Waals surface area contributed by atoms with Crippen molar-refractivity contribution in [1.29, 1.82) is 0 Å². The van der Waals surface area contributed by atoms with Crippen LogP contribution in [0.1, 0.15) is 103 Å². The van der Waals surface area contributed by atoms with Gasteiger partial charge in [-0.05, 0) is 134 Å². The second kappa shape index (κ2) is 37.6. The van der Waals surface area contributed by atoms with Crippen molar-refractivity contribution in [1.82, 2.24) is 9.80 Å². The van der Waals surface area contributed by atoms with Gasteiger partial charge in [0.25, 0.3) is 35.8 Å². The summed E-state index contributed by atoms with van der Waals surface area (Å²) in [5, 5.41) is -3.05. The van der Waals surface area contributed by atoms with E-state index in [0.717, 1.165) is 24.3 Å². The number of nitrogens with zero attached hydrogens (tertiary/aromatic N) is 2. The first kappa shape index (κ1) is 92.8. The molecule has 0 aliphatic carbocycles. The van der Waals surface area contributed by atoms with Gasteiger partial charge in [0.1, 0.15) is 58.1 Å². The van der Waals surface area contributed by atoms with E-state index in [-0.39, 0.29) is 151 Å². The Bertz CT molecular complexity index is 5680. The Labute approximate surface area is 731 Å². The predicted octanol–water partition coefficient (Wildman–Crippen LogP) is 20.0. The van der Waals surface area contributed by atoms with E-state index >= 15 is 19.2 Å². The van der Waals surface area contributed by atoms with Crippen LogP contribution < -0.4 is 18.9 Å². The molecule has 4 amide bonds. The summed E-state index contributed by atoms with van der Waals surface area (Å²) in [5.41, 5.74) is -0.731. The number of ether oxygens (including phenoxy) is 10. The third-order valence-corrected chi connectivity index (χ3v) is 20.8. The molecule has 2 unspecified atom stereocenters. The van der Waals surface area contributed by atoms with Crippen LogP contribution >= 0.6 is 0 Å². The molecule has 34 heteroatoms. The number of halogens is 12.